The van der Waals surface area contributed by atoms with E-state index in [2.05, 4.69) is 51.9 Å². The smallest absolute Gasteiger partial charge is 0.125 e. The molecule has 0 spiro atoms. The molecule has 0 saturated heterocycles. The van der Waals surface area contributed by atoms with Crippen LogP contribution in [0, 0.1) is 26.7 Å². The first-order chi connectivity index (χ1) is 9.31. The monoisotopic (exact) mass is 271 g/mol. The summed E-state index contributed by atoms with van der Waals surface area (Å²) >= 11 is 0. The first-order valence-corrected chi connectivity index (χ1v) is 7.20. The van der Waals surface area contributed by atoms with Crippen LogP contribution in [0.2, 0.25) is 0 Å². The Balaban J connectivity index is 2.67. The molecule has 3 nitrogen and oxygen atoms in total. The highest BCUT2D eigenvalue weighted by atomic mass is 15.3. The van der Waals surface area contributed by atoms with E-state index in [1.165, 1.54) is 27.8 Å². The van der Waals surface area contributed by atoms with E-state index >= 15 is 0 Å². The van der Waals surface area contributed by atoms with Crippen LogP contribution in [0.3, 0.4) is 0 Å². The molecule has 0 aliphatic heterocycles. The van der Waals surface area contributed by atoms with E-state index in [1.54, 1.807) is 4.68 Å². The van der Waals surface area contributed by atoms with E-state index in [9.17, 15) is 0 Å². The second kappa shape index (κ2) is 5.31. The lowest BCUT2D eigenvalue weighted by Gasteiger charge is -2.12. The number of hydrogen-bond acceptors (Lipinski definition) is 2. The largest absolute Gasteiger partial charge is 0.384 e. The van der Waals surface area contributed by atoms with E-state index in [0.717, 1.165) is 17.9 Å². The first kappa shape index (κ1) is 14.6. The molecule has 0 aliphatic carbocycles. The highest BCUT2D eigenvalue weighted by Gasteiger charge is 2.19. The van der Waals surface area contributed by atoms with E-state index in [0.29, 0.717) is 5.92 Å². The minimum absolute atomic E-state index is 0.561. The molecule has 0 amide bonds. The Morgan fingerprint density at radius 3 is 2.20 bits per heavy atom. The Morgan fingerprint density at radius 1 is 1.15 bits per heavy atom. The zero-order valence-electron chi connectivity index (χ0n) is 13.4. The van der Waals surface area contributed by atoms with Crippen LogP contribution >= 0.6 is 0 Å². The summed E-state index contributed by atoms with van der Waals surface area (Å²) in [5.41, 5.74) is 13.5. The summed E-state index contributed by atoms with van der Waals surface area (Å²) in [6, 6.07) is 4.43. The second-order valence-corrected chi connectivity index (χ2v) is 6.21. The van der Waals surface area contributed by atoms with Gasteiger partial charge in [-0.3, -0.25) is 4.68 Å². The van der Waals surface area contributed by atoms with Gasteiger partial charge >= 0.3 is 0 Å². The molecule has 0 saturated carbocycles. The third kappa shape index (κ3) is 2.58. The average Bonchev–Trinajstić information content (AvgIpc) is 2.56. The van der Waals surface area contributed by atoms with Gasteiger partial charge in [-0.2, -0.15) is 5.10 Å². The van der Waals surface area contributed by atoms with Gasteiger partial charge in [-0.05, 0) is 44.2 Å². The summed E-state index contributed by atoms with van der Waals surface area (Å²) in [6.45, 7) is 10.9. The number of nitrogens with two attached hydrogens (primary N) is 1. The number of aromatic nitrogens is 2. The average molecular weight is 271 g/mol. The van der Waals surface area contributed by atoms with E-state index in [-0.39, 0.29) is 0 Å². The topological polar surface area (TPSA) is 43.8 Å². The number of benzene rings is 1. The fourth-order valence-electron chi connectivity index (χ4n) is 2.94. The summed E-state index contributed by atoms with van der Waals surface area (Å²) in [4.78, 5) is 0. The summed E-state index contributed by atoms with van der Waals surface area (Å²) in [6.07, 6.45) is 0.960. The summed E-state index contributed by atoms with van der Waals surface area (Å²) in [5, 5.41) is 4.68. The molecule has 20 heavy (non-hydrogen) atoms. The van der Waals surface area contributed by atoms with Gasteiger partial charge in [-0.15, -0.1) is 0 Å². The van der Waals surface area contributed by atoms with Gasteiger partial charge in [-0.25, -0.2) is 0 Å². The highest BCUT2D eigenvalue weighted by Crippen LogP contribution is 2.33. The predicted molar refractivity (Wildman–Crippen MR) is 85.8 cm³/mol. The molecule has 0 aliphatic rings. The third-order valence-electron chi connectivity index (χ3n) is 3.72. The van der Waals surface area contributed by atoms with Crippen molar-refractivity contribution in [3.63, 3.8) is 0 Å². The van der Waals surface area contributed by atoms with Crippen LogP contribution in [0.5, 0.6) is 0 Å². The predicted octanol–water partition coefficient (Wildman–Crippen LogP) is 3.79. The number of nitrogens with zero attached hydrogens (tertiary/aromatic N) is 2. The van der Waals surface area contributed by atoms with Crippen LogP contribution in [0.15, 0.2) is 12.1 Å². The van der Waals surface area contributed by atoms with E-state index in [4.69, 9.17) is 5.73 Å². The molecule has 0 atom stereocenters. The van der Waals surface area contributed by atoms with Gasteiger partial charge in [0.2, 0.25) is 0 Å². The number of rotatable bonds is 3. The van der Waals surface area contributed by atoms with Crippen molar-refractivity contribution in [2.24, 2.45) is 13.0 Å². The normalized spacial score (nSPS) is 11.3. The fraction of sp³-hybridized carbons (Fsp3) is 0.471. The van der Waals surface area contributed by atoms with Crippen molar-refractivity contribution in [2.75, 3.05) is 5.73 Å². The van der Waals surface area contributed by atoms with E-state index < -0.39 is 0 Å². The van der Waals surface area contributed by atoms with Gasteiger partial charge in [0, 0.05) is 18.2 Å². The van der Waals surface area contributed by atoms with Crippen LogP contribution in [-0.2, 0) is 13.5 Å². The van der Waals surface area contributed by atoms with Crippen molar-refractivity contribution in [3.8, 4) is 11.3 Å². The van der Waals surface area contributed by atoms with Gasteiger partial charge < -0.3 is 5.73 Å². The lowest BCUT2D eigenvalue weighted by Crippen LogP contribution is -2.02. The Morgan fingerprint density at radius 2 is 1.70 bits per heavy atom. The molecular weight excluding hydrogens is 246 g/mol. The Kier molecular flexibility index (Phi) is 3.89. The molecule has 0 radical (unpaired) electrons. The Bertz CT molecular complexity index is 613. The quantitative estimate of drug-likeness (QED) is 0.923. The van der Waals surface area contributed by atoms with Crippen molar-refractivity contribution in [2.45, 2.75) is 41.0 Å². The van der Waals surface area contributed by atoms with Crippen molar-refractivity contribution < 1.29 is 0 Å². The van der Waals surface area contributed by atoms with Gasteiger partial charge in [0.1, 0.15) is 5.82 Å². The van der Waals surface area contributed by atoms with Gasteiger partial charge in [0.15, 0.2) is 0 Å². The van der Waals surface area contributed by atoms with Gasteiger partial charge in [-0.1, -0.05) is 31.5 Å². The van der Waals surface area contributed by atoms with Crippen LogP contribution in [0.1, 0.15) is 36.1 Å². The second-order valence-electron chi connectivity index (χ2n) is 6.21. The molecular formula is C17H25N3. The summed E-state index contributed by atoms with van der Waals surface area (Å²) in [5.74, 6) is 1.35. The minimum atomic E-state index is 0.561. The van der Waals surface area contributed by atoms with Crippen molar-refractivity contribution in [1.29, 1.82) is 0 Å². The van der Waals surface area contributed by atoms with Crippen LogP contribution in [0.25, 0.3) is 11.3 Å². The zero-order chi connectivity index (χ0) is 15.0. The van der Waals surface area contributed by atoms with Gasteiger partial charge in [0.05, 0.1) is 5.69 Å². The highest BCUT2D eigenvalue weighted by molar-refractivity contribution is 5.74. The molecule has 2 aromatic rings. The maximum absolute atomic E-state index is 6.22. The SMILES string of the molecule is Cc1cc(C)c(-c2nn(C)c(N)c2CC(C)C)c(C)c1. The minimum Gasteiger partial charge on any atom is -0.384 e. The summed E-state index contributed by atoms with van der Waals surface area (Å²) < 4.78 is 1.80. The Hall–Kier alpha value is -1.77. The van der Waals surface area contributed by atoms with Crippen molar-refractivity contribution >= 4 is 5.82 Å². The molecule has 1 aromatic heterocycles. The first-order valence-electron chi connectivity index (χ1n) is 7.20. The molecule has 1 heterocycles. The van der Waals surface area contributed by atoms with E-state index in [1.807, 2.05) is 7.05 Å². The molecule has 0 unspecified atom stereocenters. The third-order valence-corrected chi connectivity index (χ3v) is 3.72. The number of anilines is 1. The number of aryl methyl sites for hydroxylation is 4. The molecule has 0 bridgehead atoms. The van der Waals surface area contributed by atoms with Crippen molar-refractivity contribution in [1.82, 2.24) is 9.78 Å². The van der Waals surface area contributed by atoms with Crippen LogP contribution in [0.4, 0.5) is 5.82 Å². The summed E-state index contributed by atoms with van der Waals surface area (Å²) in [7, 11) is 1.92. The maximum Gasteiger partial charge on any atom is 0.125 e. The zero-order valence-corrected chi connectivity index (χ0v) is 13.4. The molecule has 0 fully saturated rings. The molecule has 1 aromatic carbocycles. The lowest BCUT2D eigenvalue weighted by atomic mass is 9.92. The maximum atomic E-state index is 6.22. The molecule has 108 valence electrons. The van der Waals surface area contributed by atoms with Crippen molar-refractivity contribution in [3.05, 3.63) is 34.4 Å². The number of hydrogen-bond donors (Lipinski definition) is 1. The number of nitrogen functional groups attached to an aromatic ring is 1. The molecule has 2 N–H and O–H groups in total. The fourth-order valence-corrected chi connectivity index (χ4v) is 2.94. The van der Waals surface area contributed by atoms with Gasteiger partial charge in [0.25, 0.3) is 0 Å². The molecule has 3 heteroatoms. The lowest BCUT2D eigenvalue weighted by molar-refractivity contribution is 0.648. The molecule has 2 rings (SSSR count). The standard InChI is InChI=1S/C17H25N3/c1-10(2)7-14-16(19-20(6)17(14)18)15-12(4)8-11(3)9-13(15)5/h8-10H,7,18H2,1-6H3. The van der Waals surface area contributed by atoms with Crippen LogP contribution in [-0.4, -0.2) is 9.78 Å². The van der Waals surface area contributed by atoms with Crippen LogP contribution < -0.4 is 5.73 Å². The Labute approximate surface area is 121 Å².